The summed E-state index contributed by atoms with van der Waals surface area (Å²) in [6.07, 6.45) is 0.0400. The Morgan fingerprint density at radius 1 is 1.41 bits per heavy atom. The average molecular weight is 254 g/mol. The molecule has 0 amide bonds. The Labute approximate surface area is 105 Å². The maximum atomic E-state index is 11.2. The molecule has 0 radical (unpaired) electrons. The van der Waals surface area contributed by atoms with Gasteiger partial charge in [-0.1, -0.05) is 12.1 Å². The topological polar surface area (TPSA) is 59.3 Å². The summed E-state index contributed by atoms with van der Waals surface area (Å²) in [5, 5.41) is 9.11. The van der Waals surface area contributed by atoms with E-state index in [1.54, 1.807) is 12.1 Å². The highest BCUT2D eigenvalue weighted by Gasteiger charge is 2.15. The quantitative estimate of drug-likeness (QED) is 0.608. The molecule has 1 rings (SSSR count). The molecule has 0 fully saturated rings. The number of alkyl halides is 1. The van der Waals surface area contributed by atoms with Crippen molar-refractivity contribution in [3.05, 3.63) is 28.8 Å². The summed E-state index contributed by atoms with van der Waals surface area (Å²) in [5.41, 5.74) is 1.63. The van der Waals surface area contributed by atoms with Crippen LogP contribution < -0.4 is 4.74 Å². The minimum Gasteiger partial charge on any atom is -0.495 e. The molecule has 0 bridgehead atoms. The molecule has 0 aromatic heterocycles. The SMILES string of the molecule is COC(=O)Cc1ccc(CCl)c(OC)c1C#N. The normalized spacial score (nSPS) is 9.53. The van der Waals surface area contributed by atoms with Gasteiger partial charge in [-0.25, -0.2) is 0 Å². The van der Waals surface area contributed by atoms with Gasteiger partial charge in [0.05, 0.1) is 32.1 Å². The number of carbonyl (C=O) groups is 1. The fraction of sp³-hybridized carbons (Fsp3) is 0.333. The van der Waals surface area contributed by atoms with Gasteiger partial charge in [-0.2, -0.15) is 5.26 Å². The second kappa shape index (κ2) is 6.12. The minimum atomic E-state index is -0.401. The van der Waals surface area contributed by atoms with Gasteiger partial charge in [0.25, 0.3) is 0 Å². The summed E-state index contributed by atoms with van der Waals surface area (Å²) in [4.78, 5) is 11.2. The second-order valence-corrected chi connectivity index (χ2v) is 3.56. The highest BCUT2D eigenvalue weighted by molar-refractivity contribution is 6.17. The van der Waals surface area contributed by atoms with Crippen molar-refractivity contribution in [2.24, 2.45) is 0 Å². The van der Waals surface area contributed by atoms with Gasteiger partial charge in [0, 0.05) is 5.56 Å². The first-order valence-electron chi connectivity index (χ1n) is 4.89. The zero-order chi connectivity index (χ0) is 12.8. The summed E-state index contributed by atoms with van der Waals surface area (Å²) in [6, 6.07) is 5.46. The van der Waals surface area contributed by atoms with Crippen molar-refractivity contribution in [3.8, 4) is 11.8 Å². The lowest BCUT2D eigenvalue weighted by Crippen LogP contribution is -2.07. The monoisotopic (exact) mass is 253 g/mol. The van der Waals surface area contributed by atoms with Crippen LogP contribution in [0.15, 0.2) is 12.1 Å². The number of ether oxygens (including phenoxy) is 2. The Morgan fingerprint density at radius 2 is 2.06 bits per heavy atom. The molecule has 0 heterocycles. The summed E-state index contributed by atoms with van der Waals surface area (Å²) < 4.78 is 9.72. The van der Waals surface area contributed by atoms with Gasteiger partial charge in [0.1, 0.15) is 11.8 Å². The van der Waals surface area contributed by atoms with Gasteiger partial charge in [-0.3, -0.25) is 4.79 Å². The fourth-order valence-corrected chi connectivity index (χ4v) is 1.71. The lowest BCUT2D eigenvalue weighted by atomic mass is 10.0. The van der Waals surface area contributed by atoms with Gasteiger partial charge in [-0.05, 0) is 5.56 Å². The predicted molar refractivity (Wildman–Crippen MR) is 63.0 cm³/mol. The Bertz CT molecular complexity index is 466. The van der Waals surface area contributed by atoms with Crippen LogP contribution in [0.4, 0.5) is 0 Å². The Balaban J connectivity index is 3.24. The smallest absolute Gasteiger partial charge is 0.310 e. The number of rotatable bonds is 4. The van der Waals surface area contributed by atoms with Crippen molar-refractivity contribution >= 4 is 17.6 Å². The van der Waals surface area contributed by atoms with E-state index in [1.807, 2.05) is 6.07 Å². The van der Waals surface area contributed by atoms with Crippen molar-refractivity contribution in [3.63, 3.8) is 0 Å². The van der Waals surface area contributed by atoms with E-state index in [1.165, 1.54) is 14.2 Å². The first-order chi connectivity index (χ1) is 8.17. The van der Waals surface area contributed by atoms with Gasteiger partial charge in [-0.15, -0.1) is 11.6 Å². The molecule has 17 heavy (non-hydrogen) atoms. The van der Waals surface area contributed by atoms with Crippen LogP contribution in [-0.4, -0.2) is 20.2 Å². The van der Waals surface area contributed by atoms with E-state index in [4.69, 9.17) is 21.6 Å². The van der Waals surface area contributed by atoms with Gasteiger partial charge in [0.15, 0.2) is 0 Å². The van der Waals surface area contributed by atoms with Crippen LogP contribution in [0, 0.1) is 11.3 Å². The molecule has 5 heteroatoms. The molecule has 0 saturated carbocycles. The summed E-state index contributed by atoms with van der Waals surface area (Å²) in [7, 11) is 2.77. The number of halogens is 1. The van der Waals surface area contributed by atoms with Gasteiger partial charge < -0.3 is 9.47 Å². The first kappa shape index (κ1) is 13.3. The lowest BCUT2D eigenvalue weighted by Gasteiger charge is -2.11. The largest absolute Gasteiger partial charge is 0.495 e. The predicted octanol–water partition coefficient (Wildman–Crippen LogP) is 2.02. The van der Waals surface area contributed by atoms with Crippen LogP contribution in [0.25, 0.3) is 0 Å². The molecule has 1 aromatic rings. The molecule has 90 valence electrons. The fourth-order valence-electron chi connectivity index (χ4n) is 1.50. The molecule has 0 spiro atoms. The molecule has 1 aromatic carbocycles. The van der Waals surface area contributed by atoms with Crippen LogP contribution >= 0.6 is 11.6 Å². The summed E-state index contributed by atoms with van der Waals surface area (Å²) >= 11 is 5.74. The van der Waals surface area contributed by atoms with E-state index in [0.29, 0.717) is 16.9 Å². The third-order valence-electron chi connectivity index (χ3n) is 2.35. The molecule has 0 N–H and O–H groups in total. The zero-order valence-electron chi connectivity index (χ0n) is 9.62. The molecule has 0 atom stereocenters. The van der Waals surface area contributed by atoms with Crippen LogP contribution in [0.5, 0.6) is 5.75 Å². The molecule has 0 aliphatic carbocycles. The van der Waals surface area contributed by atoms with Crippen molar-refractivity contribution in [1.82, 2.24) is 0 Å². The van der Waals surface area contributed by atoms with Crippen LogP contribution in [0.1, 0.15) is 16.7 Å². The number of esters is 1. The number of hydrogen-bond acceptors (Lipinski definition) is 4. The Morgan fingerprint density at radius 3 is 2.53 bits per heavy atom. The van der Waals surface area contributed by atoms with E-state index < -0.39 is 5.97 Å². The Hall–Kier alpha value is -1.73. The number of carbonyl (C=O) groups excluding carboxylic acids is 1. The number of benzene rings is 1. The van der Waals surface area contributed by atoms with Crippen LogP contribution in [0.2, 0.25) is 0 Å². The van der Waals surface area contributed by atoms with Crippen LogP contribution in [0.3, 0.4) is 0 Å². The first-order valence-corrected chi connectivity index (χ1v) is 5.43. The minimum absolute atomic E-state index is 0.0400. The molecule has 0 unspecified atom stereocenters. The summed E-state index contributed by atoms with van der Waals surface area (Å²) in [6.45, 7) is 0. The summed E-state index contributed by atoms with van der Waals surface area (Å²) in [5.74, 6) is 0.266. The highest BCUT2D eigenvalue weighted by Crippen LogP contribution is 2.28. The third-order valence-corrected chi connectivity index (χ3v) is 2.64. The maximum Gasteiger partial charge on any atom is 0.310 e. The molecule has 4 nitrogen and oxygen atoms in total. The second-order valence-electron chi connectivity index (χ2n) is 3.29. The maximum absolute atomic E-state index is 11.2. The highest BCUT2D eigenvalue weighted by atomic mass is 35.5. The standard InChI is InChI=1S/C12H12ClNO3/c1-16-11(15)5-8-3-4-9(6-13)12(17-2)10(8)7-14/h3-4H,5-6H2,1-2H3. The van der Waals surface area contributed by atoms with Crippen LogP contribution in [-0.2, 0) is 21.8 Å². The van der Waals surface area contributed by atoms with Crippen molar-refractivity contribution < 1.29 is 14.3 Å². The number of methoxy groups -OCH3 is 2. The van der Waals surface area contributed by atoms with E-state index in [2.05, 4.69) is 4.74 Å². The zero-order valence-corrected chi connectivity index (χ0v) is 10.4. The molecule has 0 aliphatic heterocycles. The number of nitrogens with zero attached hydrogens (tertiary/aromatic N) is 1. The third kappa shape index (κ3) is 2.89. The van der Waals surface area contributed by atoms with E-state index in [0.717, 1.165) is 5.56 Å². The molecular weight excluding hydrogens is 242 g/mol. The van der Waals surface area contributed by atoms with Crippen molar-refractivity contribution in [2.75, 3.05) is 14.2 Å². The number of hydrogen-bond donors (Lipinski definition) is 0. The average Bonchev–Trinajstić information content (AvgIpc) is 2.37. The Kier molecular flexibility index (Phi) is 4.80. The van der Waals surface area contributed by atoms with E-state index in [9.17, 15) is 4.79 Å². The molecule has 0 aliphatic rings. The van der Waals surface area contributed by atoms with Gasteiger partial charge in [0.2, 0.25) is 0 Å². The lowest BCUT2D eigenvalue weighted by molar-refractivity contribution is -0.139. The van der Waals surface area contributed by atoms with E-state index >= 15 is 0 Å². The number of nitriles is 1. The molecule has 0 saturated heterocycles. The molecular formula is C12H12ClNO3. The van der Waals surface area contributed by atoms with Gasteiger partial charge >= 0.3 is 5.97 Å². The van der Waals surface area contributed by atoms with Crippen molar-refractivity contribution in [2.45, 2.75) is 12.3 Å². The van der Waals surface area contributed by atoms with Crippen molar-refractivity contribution in [1.29, 1.82) is 5.26 Å². The van der Waals surface area contributed by atoms with E-state index in [-0.39, 0.29) is 12.3 Å².